The van der Waals surface area contributed by atoms with Crippen LogP contribution in [0.2, 0.25) is 0 Å². The number of nitrogens with zero attached hydrogens (tertiary/aromatic N) is 1. The minimum absolute atomic E-state index is 0.0180. The molecule has 3 nitrogen and oxygen atoms in total. The highest BCUT2D eigenvalue weighted by Crippen LogP contribution is 2.39. The van der Waals surface area contributed by atoms with Crippen LogP contribution in [-0.4, -0.2) is 18.5 Å². The van der Waals surface area contributed by atoms with Crippen LogP contribution in [0.15, 0.2) is 24.3 Å². The van der Waals surface area contributed by atoms with E-state index in [1.165, 1.54) is 6.42 Å². The van der Waals surface area contributed by atoms with E-state index in [0.29, 0.717) is 22.5 Å². The summed E-state index contributed by atoms with van der Waals surface area (Å²) in [6.07, 6.45) is 3.43. The summed E-state index contributed by atoms with van der Waals surface area (Å²) < 4.78 is 5.85. The van der Waals surface area contributed by atoms with Crippen molar-refractivity contribution in [2.45, 2.75) is 46.1 Å². The molecule has 1 aromatic rings. The van der Waals surface area contributed by atoms with Crippen LogP contribution < -0.4 is 0 Å². The van der Waals surface area contributed by atoms with Crippen molar-refractivity contribution in [3.63, 3.8) is 0 Å². The van der Waals surface area contributed by atoms with Crippen LogP contribution in [-0.2, 0) is 4.74 Å². The van der Waals surface area contributed by atoms with Crippen LogP contribution in [0.4, 0.5) is 0 Å². The third-order valence-electron chi connectivity index (χ3n) is 4.13. The van der Waals surface area contributed by atoms with E-state index in [9.17, 15) is 4.79 Å². The van der Waals surface area contributed by atoms with Gasteiger partial charge >= 0.3 is 0 Å². The second-order valence-electron chi connectivity index (χ2n) is 6.96. The first-order valence-electron chi connectivity index (χ1n) is 7.54. The lowest BCUT2D eigenvalue weighted by Crippen LogP contribution is -2.33. The molecule has 0 spiro atoms. The summed E-state index contributed by atoms with van der Waals surface area (Å²) in [5, 5.41) is 8.75. The summed E-state index contributed by atoms with van der Waals surface area (Å²) in [4.78, 5) is 12.1. The Morgan fingerprint density at radius 1 is 1.33 bits per heavy atom. The molecule has 2 rings (SSSR count). The molecule has 0 saturated heterocycles. The number of hydrogen-bond donors (Lipinski definition) is 0. The topological polar surface area (TPSA) is 50.1 Å². The van der Waals surface area contributed by atoms with Gasteiger partial charge in [0, 0.05) is 5.56 Å². The highest BCUT2D eigenvalue weighted by molar-refractivity contribution is 5.97. The molecule has 3 heteroatoms. The van der Waals surface area contributed by atoms with E-state index in [2.05, 4.69) is 20.8 Å². The molecule has 0 radical (unpaired) electrons. The van der Waals surface area contributed by atoms with Gasteiger partial charge in [-0.25, -0.2) is 0 Å². The Morgan fingerprint density at radius 2 is 2.00 bits per heavy atom. The minimum Gasteiger partial charge on any atom is -0.370 e. The van der Waals surface area contributed by atoms with Gasteiger partial charge in [0.2, 0.25) is 0 Å². The zero-order chi connectivity index (χ0) is 15.5. The molecule has 1 aromatic carbocycles. The van der Waals surface area contributed by atoms with E-state index in [0.717, 1.165) is 12.8 Å². The maximum absolute atomic E-state index is 12.1. The van der Waals surface area contributed by atoms with Crippen molar-refractivity contribution < 1.29 is 9.53 Å². The van der Waals surface area contributed by atoms with E-state index in [4.69, 9.17) is 10.00 Å². The first-order chi connectivity index (χ1) is 9.89. The average Bonchev–Trinajstić information content (AvgIpc) is 2.43. The second kappa shape index (κ2) is 6.41. The summed E-state index contributed by atoms with van der Waals surface area (Å²) >= 11 is 0. The molecule has 0 heterocycles. The monoisotopic (exact) mass is 285 g/mol. The molecule has 2 atom stereocenters. The molecule has 0 aromatic heterocycles. The summed E-state index contributed by atoms with van der Waals surface area (Å²) in [5.74, 6) is 0.624. The van der Waals surface area contributed by atoms with Crippen LogP contribution in [0.3, 0.4) is 0 Å². The van der Waals surface area contributed by atoms with Gasteiger partial charge in [0.15, 0.2) is 5.78 Å². The van der Waals surface area contributed by atoms with Gasteiger partial charge in [0.25, 0.3) is 0 Å². The quantitative estimate of drug-likeness (QED) is 0.786. The average molecular weight is 285 g/mol. The first-order valence-corrected chi connectivity index (χ1v) is 7.54. The summed E-state index contributed by atoms with van der Waals surface area (Å²) in [5.41, 5.74) is 1.47. The Hall–Kier alpha value is -1.66. The lowest BCUT2D eigenvalue weighted by molar-refractivity contribution is -0.0167. The fourth-order valence-electron chi connectivity index (χ4n) is 3.39. The number of hydrogen-bond acceptors (Lipinski definition) is 3. The predicted molar refractivity (Wildman–Crippen MR) is 82.0 cm³/mol. The van der Waals surface area contributed by atoms with Gasteiger partial charge < -0.3 is 4.74 Å². The van der Waals surface area contributed by atoms with Crippen molar-refractivity contribution in [1.29, 1.82) is 5.26 Å². The number of ether oxygens (including phenoxy) is 1. The van der Waals surface area contributed by atoms with Gasteiger partial charge in [-0.3, -0.25) is 4.79 Å². The van der Waals surface area contributed by atoms with E-state index in [1.807, 2.05) is 6.07 Å². The van der Waals surface area contributed by atoms with Crippen LogP contribution in [0.1, 0.15) is 56.0 Å². The van der Waals surface area contributed by atoms with Gasteiger partial charge in [0.1, 0.15) is 6.61 Å². The van der Waals surface area contributed by atoms with Crippen molar-refractivity contribution in [2.75, 3.05) is 6.61 Å². The van der Waals surface area contributed by atoms with Crippen molar-refractivity contribution in [1.82, 2.24) is 0 Å². The zero-order valence-corrected chi connectivity index (χ0v) is 13.1. The number of rotatable bonds is 4. The Kier molecular flexibility index (Phi) is 4.80. The van der Waals surface area contributed by atoms with Crippen molar-refractivity contribution in [3.8, 4) is 6.07 Å². The molecule has 2 unspecified atom stereocenters. The van der Waals surface area contributed by atoms with E-state index < -0.39 is 0 Å². The van der Waals surface area contributed by atoms with Gasteiger partial charge in [-0.05, 0) is 42.7 Å². The molecule has 112 valence electrons. The molecular weight excluding hydrogens is 262 g/mol. The van der Waals surface area contributed by atoms with E-state index in [-0.39, 0.29) is 18.5 Å². The Balaban J connectivity index is 1.90. The first kappa shape index (κ1) is 15.7. The second-order valence-corrected chi connectivity index (χ2v) is 6.96. The molecule has 1 fully saturated rings. The molecule has 0 bridgehead atoms. The molecule has 1 aliphatic carbocycles. The number of nitriles is 1. The largest absolute Gasteiger partial charge is 0.370 e. The molecule has 0 aliphatic heterocycles. The molecule has 0 N–H and O–H groups in total. The lowest BCUT2D eigenvalue weighted by atomic mass is 9.71. The molecule has 21 heavy (non-hydrogen) atoms. The number of carbonyl (C=O) groups is 1. The number of ketones is 1. The minimum atomic E-state index is -0.0180. The van der Waals surface area contributed by atoms with Crippen molar-refractivity contribution in [3.05, 3.63) is 35.4 Å². The Morgan fingerprint density at radius 3 is 2.57 bits per heavy atom. The number of Topliss-reactive ketones (excluding diaryl/α,β-unsaturated/α-hetero) is 1. The van der Waals surface area contributed by atoms with Crippen LogP contribution in [0.5, 0.6) is 0 Å². The lowest BCUT2D eigenvalue weighted by Gasteiger charge is -2.38. The van der Waals surface area contributed by atoms with Gasteiger partial charge in [-0.2, -0.15) is 5.26 Å². The molecular formula is C18H23NO2. The van der Waals surface area contributed by atoms with Gasteiger partial charge in [-0.1, -0.05) is 32.9 Å². The summed E-state index contributed by atoms with van der Waals surface area (Å²) in [7, 11) is 0. The molecule has 0 amide bonds. The summed E-state index contributed by atoms with van der Waals surface area (Å²) in [6.45, 7) is 6.90. The standard InChI is InChI=1S/C18H23NO2/c1-13-8-16(10-18(2,3)9-13)21-12-17(20)15-6-4-14(11-19)5-7-15/h4-7,13,16H,8-10,12H2,1-3H3. The third-order valence-corrected chi connectivity index (χ3v) is 4.13. The van der Waals surface area contributed by atoms with Gasteiger partial charge in [0.05, 0.1) is 17.7 Å². The smallest absolute Gasteiger partial charge is 0.188 e. The zero-order valence-electron chi connectivity index (χ0n) is 13.1. The maximum atomic E-state index is 12.1. The van der Waals surface area contributed by atoms with E-state index in [1.54, 1.807) is 24.3 Å². The SMILES string of the molecule is CC1CC(OCC(=O)c2ccc(C#N)cc2)CC(C)(C)C1. The number of carbonyl (C=O) groups excluding carboxylic acids is 1. The fraction of sp³-hybridized carbons (Fsp3) is 0.556. The van der Waals surface area contributed by atoms with Gasteiger partial charge in [-0.15, -0.1) is 0 Å². The van der Waals surface area contributed by atoms with Crippen molar-refractivity contribution in [2.24, 2.45) is 11.3 Å². The maximum Gasteiger partial charge on any atom is 0.188 e. The fourth-order valence-corrected chi connectivity index (χ4v) is 3.39. The Bertz CT molecular complexity index is 539. The highest BCUT2D eigenvalue weighted by atomic mass is 16.5. The van der Waals surface area contributed by atoms with Crippen LogP contribution in [0, 0.1) is 22.7 Å². The summed E-state index contributed by atoms with van der Waals surface area (Å²) in [6, 6.07) is 8.76. The van der Waals surface area contributed by atoms with Crippen LogP contribution >= 0.6 is 0 Å². The van der Waals surface area contributed by atoms with E-state index >= 15 is 0 Å². The van der Waals surface area contributed by atoms with Crippen molar-refractivity contribution >= 4 is 5.78 Å². The van der Waals surface area contributed by atoms with Crippen LogP contribution in [0.25, 0.3) is 0 Å². The number of benzene rings is 1. The third kappa shape index (κ3) is 4.41. The highest BCUT2D eigenvalue weighted by Gasteiger charge is 2.32. The predicted octanol–water partition coefficient (Wildman–Crippen LogP) is 3.97. The Labute approximate surface area is 126 Å². The molecule has 1 aliphatic rings. The molecule has 1 saturated carbocycles. The normalized spacial score (nSPS) is 24.3.